The maximum absolute atomic E-state index is 16.1. The number of benzene rings is 9. The average molecular weight is 1300 g/mol. The van der Waals surface area contributed by atoms with Crippen LogP contribution in [0.1, 0.15) is 174 Å². The molecule has 9 aromatic rings. The number of epoxide rings is 2. The summed E-state index contributed by atoms with van der Waals surface area (Å²) in [5.74, 6) is -4.06. The minimum absolute atomic E-state index is 0.0198. The van der Waals surface area contributed by atoms with Gasteiger partial charge in [0.15, 0.2) is 0 Å². The van der Waals surface area contributed by atoms with Gasteiger partial charge in [0.25, 0.3) is 23.6 Å². The van der Waals surface area contributed by atoms with E-state index in [4.69, 9.17) is 37.9 Å². The zero-order valence-electron chi connectivity index (χ0n) is 57.4. The van der Waals surface area contributed by atoms with Crippen LogP contribution in [-0.4, -0.2) is 96.1 Å². The standard InChI is InChI=1S/C80H82N2O14/c1-41(2)69(75(87)91-39-51-37-89-51)81-71(83)53-33-57(93-47-25-17-43(18-26-47)77(5,6)7)63-65-59(95-49-29-21-45(22-30-49)79(11,12)13)35-55-62-56(74(86)82(73(55)85)70(42(3)4)76(88)92-40-52-38-90-52)36-60(96-50-31-23-46(24-32-50)80(14,15)16)66(68(62)65)64-58(34-54(72(81)84)61(53)67(63)64)94-48-27-19-44(20-28-48)78(8,9)10/h17-36,41-42,51-52,69-70H,37-40H2,1-16H3. The first-order valence-corrected chi connectivity index (χ1v) is 33.1. The molecule has 13 rings (SSSR count). The van der Waals surface area contributed by atoms with Crippen LogP contribution < -0.4 is 18.9 Å². The van der Waals surface area contributed by atoms with Crippen molar-refractivity contribution in [3.63, 3.8) is 0 Å². The van der Waals surface area contributed by atoms with Crippen molar-refractivity contribution in [2.75, 3.05) is 26.4 Å². The smallest absolute Gasteiger partial charge is 0.329 e. The molecule has 4 amide bonds. The lowest BCUT2D eigenvalue weighted by Crippen LogP contribution is -2.53. The minimum Gasteiger partial charge on any atom is -0.461 e. The number of fused-ring (bicyclic) bond motifs is 2. The highest BCUT2D eigenvalue weighted by atomic mass is 16.6. The lowest BCUT2D eigenvalue weighted by atomic mass is 9.80. The highest BCUT2D eigenvalue weighted by Gasteiger charge is 2.48. The van der Waals surface area contributed by atoms with E-state index in [2.05, 4.69) is 83.1 Å². The number of esters is 2. The van der Waals surface area contributed by atoms with Gasteiger partial charge in [0, 0.05) is 43.1 Å². The van der Waals surface area contributed by atoms with E-state index >= 15 is 19.2 Å². The predicted octanol–water partition coefficient (Wildman–Crippen LogP) is 17.2. The molecule has 496 valence electrons. The third-order valence-electron chi connectivity index (χ3n) is 18.7. The van der Waals surface area contributed by atoms with Crippen LogP contribution in [0.4, 0.5) is 0 Å². The Morgan fingerprint density at radius 3 is 0.781 bits per heavy atom. The topological polar surface area (TPSA) is 189 Å². The third-order valence-corrected chi connectivity index (χ3v) is 18.7. The highest BCUT2D eigenvalue weighted by Crippen LogP contribution is 2.58. The van der Waals surface area contributed by atoms with Crippen LogP contribution in [0, 0.1) is 11.8 Å². The van der Waals surface area contributed by atoms with E-state index in [0.29, 0.717) is 68.5 Å². The zero-order chi connectivity index (χ0) is 68.6. The Labute approximate surface area is 559 Å². The fourth-order valence-electron chi connectivity index (χ4n) is 13.2. The zero-order valence-corrected chi connectivity index (χ0v) is 57.4. The summed E-state index contributed by atoms with van der Waals surface area (Å²) in [5, 5.41) is 2.24. The largest absolute Gasteiger partial charge is 0.461 e. The number of amides is 4. The lowest BCUT2D eigenvalue weighted by molar-refractivity contribution is -0.151. The van der Waals surface area contributed by atoms with Crippen molar-refractivity contribution in [1.82, 2.24) is 9.80 Å². The molecular formula is C80H82N2O14. The molecule has 0 spiro atoms. The molecule has 2 saturated heterocycles. The van der Waals surface area contributed by atoms with E-state index in [0.717, 1.165) is 32.1 Å². The van der Waals surface area contributed by atoms with Crippen LogP contribution in [0.2, 0.25) is 0 Å². The molecule has 4 aliphatic heterocycles. The number of hydrogen-bond acceptors (Lipinski definition) is 14. The van der Waals surface area contributed by atoms with E-state index < -0.39 is 59.5 Å². The van der Waals surface area contributed by atoms with Gasteiger partial charge in [-0.25, -0.2) is 9.59 Å². The monoisotopic (exact) mass is 1290 g/mol. The lowest BCUT2D eigenvalue weighted by Gasteiger charge is -2.36. The van der Waals surface area contributed by atoms with Crippen molar-refractivity contribution in [3.05, 3.63) is 166 Å². The molecule has 96 heavy (non-hydrogen) atoms. The first-order valence-electron chi connectivity index (χ1n) is 33.1. The van der Waals surface area contributed by atoms with Gasteiger partial charge in [-0.15, -0.1) is 0 Å². The van der Waals surface area contributed by atoms with Crippen LogP contribution in [0.3, 0.4) is 0 Å². The Bertz CT molecular complexity index is 4100. The molecule has 0 aromatic heterocycles. The Morgan fingerprint density at radius 2 is 0.594 bits per heavy atom. The SMILES string of the molecule is CC(C)C(C(=O)OCC1CO1)N1C(=O)c2cc(Oc3ccc(C(C)(C)C)cc3)c3c4c(Oc5ccc(C(C)(C)C)cc5)cc5c6c(cc(Oc7ccc(C(C)(C)C)cc7)c(c7c(Oc8ccc(C(C)(C)C)cc8)cc(c2c37)C1=O)c64)C(=O)N(C(C(=O)OCC1CO1)C(C)C)C5=O. The maximum Gasteiger partial charge on any atom is 0.329 e. The molecule has 16 heteroatoms. The quantitative estimate of drug-likeness (QED) is 0.0259. The van der Waals surface area contributed by atoms with Gasteiger partial charge in [0.2, 0.25) is 0 Å². The van der Waals surface area contributed by atoms with Gasteiger partial charge in [-0.1, -0.05) is 159 Å². The molecule has 2 fully saturated rings. The van der Waals surface area contributed by atoms with Gasteiger partial charge >= 0.3 is 11.9 Å². The van der Waals surface area contributed by atoms with E-state index in [9.17, 15) is 9.59 Å². The molecule has 0 aliphatic carbocycles. The van der Waals surface area contributed by atoms with Crippen molar-refractivity contribution < 1.29 is 66.7 Å². The van der Waals surface area contributed by atoms with E-state index in [1.165, 1.54) is 0 Å². The highest BCUT2D eigenvalue weighted by molar-refractivity contribution is 6.45. The summed E-state index contributed by atoms with van der Waals surface area (Å²) in [6, 6.07) is 34.1. The van der Waals surface area contributed by atoms with E-state index in [1.54, 1.807) is 52.0 Å². The fraction of sp³-hybridized carbons (Fsp3) is 0.375. The molecule has 4 aliphatic rings. The molecule has 0 saturated carbocycles. The first-order chi connectivity index (χ1) is 45.3. The molecule has 0 N–H and O–H groups in total. The van der Waals surface area contributed by atoms with Gasteiger partial charge in [-0.2, -0.15) is 0 Å². The summed E-state index contributed by atoms with van der Waals surface area (Å²) in [6.45, 7) is 33.0. The van der Waals surface area contributed by atoms with E-state index in [1.807, 2.05) is 97.1 Å². The Kier molecular flexibility index (Phi) is 16.2. The molecule has 4 atom stereocenters. The number of nitrogens with zero attached hydrogens (tertiary/aromatic N) is 2. The van der Waals surface area contributed by atoms with Crippen LogP contribution in [-0.2, 0) is 50.2 Å². The molecular weight excluding hydrogens is 1210 g/mol. The van der Waals surface area contributed by atoms with Gasteiger partial charge in [0.05, 0.1) is 35.5 Å². The van der Waals surface area contributed by atoms with Crippen molar-refractivity contribution in [2.24, 2.45) is 11.8 Å². The predicted molar refractivity (Wildman–Crippen MR) is 368 cm³/mol. The summed E-state index contributed by atoms with van der Waals surface area (Å²) in [7, 11) is 0. The second kappa shape index (κ2) is 23.8. The number of carbonyl (C=O) groups excluding carboxylic acids is 6. The third kappa shape index (κ3) is 11.9. The second-order valence-corrected chi connectivity index (χ2v) is 30.7. The maximum atomic E-state index is 16.1. The van der Waals surface area contributed by atoms with Gasteiger partial charge in [-0.3, -0.25) is 29.0 Å². The summed E-state index contributed by atoms with van der Waals surface area (Å²) < 4.78 is 51.6. The van der Waals surface area contributed by atoms with Gasteiger partial charge in [-0.05, 0) is 129 Å². The summed E-state index contributed by atoms with van der Waals surface area (Å²) in [6.07, 6.45) is -0.600. The molecule has 9 aromatic carbocycles. The van der Waals surface area contributed by atoms with Crippen LogP contribution in [0.15, 0.2) is 121 Å². The first kappa shape index (κ1) is 65.3. The van der Waals surface area contributed by atoms with Crippen LogP contribution >= 0.6 is 0 Å². The number of hydrogen-bond donors (Lipinski definition) is 0. The molecule has 4 heterocycles. The summed E-state index contributed by atoms with van der Waals surface area (Å²) in [5.41, 5.74) is 3.19. The average Bonchev–Trinajstić information content (AvgIpc) is 0.764. The van der Waals surface area contributed by atoms with Gasteiger partial charge < -0.3 is 37.9 Å². The Morgan fingerprint density at radius 1 is 0.375 bits per heavy atom. The van der Waals surface area contributed by atoms with Crippen molar-refractivity contribution >= 4 is 78.7 Å². The van der Waals surface area contributed by atoms with Crippen LogP contribution in [0.25, 0.3) is 43.1 Å². The van der Waals surface area contributed by atoms with Crippen molar-refractivity contribution in [2.45, 2.75) is 157 Å². The van der Waals surface area contributed by atoms with Crippen molar-refractivity contribution in [1.29, 1.82) is 0 Å². The summed E-state index contributed by atoms with van der Waals surface area (Å²) >= 11 is 0. The number of carbonyl (C=O) groups is 6. The minimum atomic E-state index is -1.40. The molecule has 0 bridgehead atoms. The van der Waals surface area contributed by atoms with Crippen LogP contribution in [0.5, 0.6) is 46.0 Å². The van der Waals surface area contributed by atoms with Crippen molar-refractivity contribution in [3.8, 4) is 46.0 Å². The molecule has 16 nitrogen and oxygen atoms in total. The Balaban J connectivity index is 1.21. The molecule has 0 radical (unpaired) electrons. The Hall–Kier alpha value is -9.38. The second-order valence-electron chi connectivity index (χ2n) is 30.7. The number of ether oxygens (including phenoxy) is 8. The number of rotatable bonds is 18. The summed E-state index contributed by atoms with van der Waals surface area (Å²) in [4.78, 5) is 95.5. The molecule has 4 unspecified atom stereocenters. The fourth-order valence-corrected chi connectivity index (χ4v) is 13.2. The van der Waals surface area contributed by atoms with Gasteiger partial charge in [0.1, 0.15) is 83.5 Å². The normalized spacial score (nSPS) is 17.1. The number of imide groups is 2. The van der Waals surface area contributed by atoms with E-state index in [-0.39, 0.29) is 103 Å².